The molecular weight excluding hydrogens is 278 g/mol. The van der Waals surface area contributed by atoms with E-state index in [2.05, 4.69) is 0 Å². The smallest absolute Gasteiger partial charge is 0.258 e. The van der Waals surface area contributed by atoms with Crippen molar-refractivity contribution in [2.45, 2.75) is 18.9 Å². The molecule has 2 aromatic rings. The standard InChI is InChI=1S/C18H19NO3/c1-18(21)10-11-19(16-9-4-3-8-15(16)18)17(20)13-6-5-7-14(12-13)22-2/h3-9,12,21H,10-11H2,1-2H3. The van der Waals surface area contributed by atoms with E-state index >= 15 is 0 Å². The first-order chi connectivity index (χ1) is 10.5. The molecule has 0 fully saturated rings. The normalized spacial score (nSPS) is 20.4. The molecule has 0 saturated heterocycles. The van der Waals surface area contributed by atoms with Crippen LogP contribution >= 0.6 is 0 Å². The maximum atomic E-state index is 12.8. The summed E-state index contributed by atoms with van der Waals surface area (Å²) in [6.45, 7) is 2.28. The van der Waals surface area contributed by atoms with Gasteiger partial charge >= 0.3 is 0 Å². The highest BCUT2D eigenvalue weighted by molar-refractivity contribution is 6.07. The zero-order valence-corrected chi connectivity index (χ0v) is 12.7. The van der Waals surface area contributed by atoms with Crippen molar-refractivity contribution in [3.05, 3.63) is 59.7 Å². The molecule has 1 atom stereocenters. The number of aliphatic hydroxyl groups is 1. The lowest BCUT2D eigenvalue weighted by Crippen LogP contribution is -2.42. The summed E-state index contributed by atoms with van der Waals surface area (Å²) < 4.78 is 5.18. The number of carbonyl (C=O) groups is 1. The molecule has 4 nitrogen and oxygen atoms in total. The van der Waals surface area contributed by atoms with Crippen molar-refractivity contribution in [3.63, 3.8) is 0 Å². The molecule has 0 aromatic heterocycles. The molecule has 1 N–H and O–H groups in total. The van der Waals surface area contributed by atoms with Crippen LogP contribution in [-0.2, 0) is 5.60 Å². The Hall–Kier alpha value is -2.33. The van der Waals surface area contributed by atoms with Gasteiger partial charge in [0.05, 0.1) is 18.4 Å². The highest BCUT2D eigenvalue weighted by Crippen LogP contribution is 2.38. The van der Waals surface area contributed by atoms with Gasteiger partial charge in [-0.25, -0.2) is 0 Å². The molecule has 1 aliphatic heterocycles. The van der Waals surface area contributed by atoms with Gasteiger partial charge in [-0.15, -0.1) is 0 Å². The van der Waals surface area contributed by atoms with Crippen LogP contribution in [-0.4, -0.2) is 24.7 Å². The van der Waals surface area contributed by atoms with Gasteiger partial charge in [-0.1, -0.05) is 24.3 Å². The van der Waals surface area contributed by atoms with Gasteiger partial charge in [-0.2, -0.15) is 0 Å². The highest BCUT2D eigenvalue weighted by atomic mass is 16.5. The third-order valence-electron chi connectivity index (χ3n) is 4.16. The molecule has 1 amide bonds. The van der Waals surface area contributed by atoms with Crippen molar-refractivity contribution in [1.29, 1.82) is 0 Å². The fourth-order valence-electron chi connectivity index (χ4n) is 2.87. The predicted octanol–water partition coefficient (Wildman–Crippen LogP) is 2.95. The molecule has 0 radical (unpaired) electrons. The lowest BCUT2D eigenvalue weighted by atomic mass is 9.87. The topological polar surface area (TPSA) is 49.8 Å². The third-order valence-corrected chi connectivity index (χ3v) is 4.16. The minimum absolute atomic E-state index is 0.0816. The number of nitrogens with zero attached hydrogens (tertiary/aromatic N) is 1. The SMILES string of the molecule is COc1cccc(C(=O)N2CCC(C)(O)c3ccccc32)c1. The maximum absolute atomic E-state index is 12.8. The van der Waals surface area contributed by atoms with E-state index in [9.17, 15) is 9.90 Å². The summed E-state index contributed by atoms with van der Waals surface area (Å²) in [7, 11) is 1.58. The summed E-state index contributed by atoms with van der Waals surface area (Å²) in [6, 6.07) is 14.6. The fourth-order valence-corrected chi connectivity index (χ4v) is 2.87. The van der Waals surface area contributed by atoms with Crippen molar-refractivity contribution in [1.82, 2.24) is 0 Å². The van der Waals surface area contributed by atoms with Gasteiger partial charge in [-0.05, 0) is 37.6 Å². The largest absolute Gasteiger partial charge is 0.497 e. The lowest BCUT2D eigenvalue weighted by Gasteiger charge is -2.38. The Morgan fingerprint density at radius 2 is 2.00 bits per heavy atom. The number of para-hydroxylation sites is 1. The highest BCUT2D eigenvalue weighted by Gasteiger charge is 2.35. The monoisotopic (exact) mass is 297 g/mol. The molecule has 4 heteroatoms. The summed E-state index contributed by atoms with van der Waals surface area (Å²) in [5, 5.41) is 10.5. The summed E-state index contributed by atoms with van der Waals surface area (Å²) >= 11 is 0. The summed E-state index contributed by atoms with van der Waals surface area (Å²) in [4.78, 5) is 14.6. The Morgan fingerprint density at radius 1 is 1.23 bits per heavy atom. The molecule has 2 aromatic carbocycles. The van der Waals surface area contributed by atoms with Crippen LogP contribution in [0.15, 0.2) is 48.5 Å². The van der Waals surface area contributed by atoms with Crippen molar-refractivity contribution < 1.29 is 14.6 Å². The van der Waals surface area contributed by atoms with Crippen LogP contribution in [0.3, 0.4) is 0 Å². The number of hydrogen-bond acceptors (Lipinski definition) is 3. The number of benzene rings is 2. The molecule has 22 heavy (non-hydrogen) atoms. The van der Waals surface area contributed by atoms with Crippen molar-refractivity contribution in [2.75, 3.05) is 18.6 Å². The van der Waals surface area contributed by atoms with Gasteiger partial charge in [0.25, 0.3) is 5.91 Å². The minimum atomic E-state index is -0.901. The second kappa shape index (κ2) is 5.46. The zero-order valence-electron chi connectivity index (χ0n) is 12.7. The number of ether oxygens (including phenoxy) is 1. The number of fused-ring (bicyclic) bond motifs is 1. The van der Waals surface area contributed by atoms with E-state index in [0.29, 0.717) is 24.3 Å². The van der Waals surface area contributed by atoms with Gasteiger partial charge in [0.1, 0.15) is 5.75 Å². The Kier molecular flexibility index (Phi) is 3.62. The number of amides is 1. The van der Waals surface area contributed by atoms with Crippen molar-refractivity contribution >= 4 is 11.6 Å². The summed E-state index contributed by atoms with van der Waals surface area (Å²) in [6.07, 6.45) is 0.514. The van der Waals surface area contributed by atoms with Gasteiger partial charge in [0, 0.05) is 17.7 Å². The average Bonchev–Trinajstić information content (AvgIpc) is 2.55. The van der Waals surface area contributed by atoms with E-state index in [1.165, 1.54) is 0 Å². The summed E-state index contributed by atoms with van der Waals surface area (Å²) in [5.74, 6) is 0.574. The van der Waals surface area contributed by atoms with E-state index in [1.807, 2.05) is 30.3 Å². The molecule has 1 aliphatic rings. The molecule has 3 rings (SSSR count). The van der Waals surface area contributed by atoms with Crippen LogP contribution in [0.2, 0.25) is 0 Å². The lowest BCUT2D eigenvalue weighted by molar-refractivity contribution is 0.0450. The van der Waals surface area contributed by atoms with Gasteiger partial charge in [-0.3, -0.25) is 4.79 Å². The molecule has 0 aliphatic carbocycles. The Bertz CT molecular complexity index is 709. The molecule has 0 bridgehead atoms. The Labute approximate surface area is 130 Å². The predicted molar refractivity (Wildman–Crippen MR) is 85.3 cm³/mol. The number of rotatable bonds is 2. The second-order valence-electron chi connectivity index (χ2n) is 5.73. The Balaban J connectivity index is 2.00. The van der Waals surface area contributed by atoms with Gasteiger partial charge in [0.15, 0.2) is 0 Å². The second-order valence-corrected chi connectivity index (χ2v) is 5.73. The fraction of sp³-hybridized carbons (Fsp3) is 0.278. The van der Waals surface area contributed by atoms with Crippen LogP contribution in [0.25, 0.3) is 0 Å². The molecule has 1 unspecified atom stereocenters. The molecule has 114 valence electrons. The van der Waals surface area contributed by atoms with Crippen LogP contribution in [0.5, 0.6) is 5.75 Å². The van der Waals surface area contributed by atoms with E-state index in [-0.39, 0.29) is 5.91 Å². The van der Waals surface area contributed by atoms with Crippen molar-refractivity contribution in [3.8, 4) is 5.75 Å². The van der Waals surface area contributed by atoms with Crippen LogP contribution in [0.4, 0.5) is 5.69 Å². The van der Waals surface area contributed by atoms with E-state index in [1.54, 1.807) is 37.1 Å². The number of methoxy groups -OCH3 is 1. The number of anilines is 1. The van der Waals surface area contributed by atoms with E-state index in [0.717, 1.165) is 11.3 Å². The third kappa shape index (κ3) is 2.46. The first kappa shape index (κ1) is 14.6. The minimum Gasteiger partial charge on any atom is -0.497 e. The van der Waals surface area contributed by atoms with Crippen molar-refractivity contribution in [2.24, 2.45) is 0 Å². The zero-order chi connectivity index (χ0) is 15.7. The van der Waals surface area contributed by atoms with Crippen LogP contribution in [0.1, 0.15) is 29.3 Å². The Morgan fingerprint density at radius 3 is 2.77 bits per heavy atom. The van der Waals surface area contributed by atoms with Crippen LogP contribution in [0, 0.1) is 0 Å². The molecule has 0 spiro atoms. The molecule has 0 saturated carbocycles. The average molecular weight is 297 g/mol. The van der Waals surface area contributed by atoms with Gasteiger partial charge in [0.2, 0.25) is 0 Å². The number of hydrogen-bond donors (Lipinski definition) is 1. The summed E-state index contributed by atoms with van der Waals surface area (Å²) in [5.41, 5.74) is 1.24. The first-order valence-electron chi connectivity index (χ1n) is 7.31. The molecule has 1 heterocycles. The van der Waals surface area contributed by atoms with Gasteiger partial charge < -0.3 is 14.7 Å². The first-order valence-corrected chi connectivity index (χ1v) is 7.31. The van der Waals surface area contributed by atoms with E-state index in [4.69, 9.17) is 4.74 Å². The van der Waals surface area contributed by atoms with E-state index < -0.39 is 5.60 Å². The molecular formula is C18H19NO3. The van der Waals surface area contributed by atoms with Crippen LogP contribution < -0.4 is 9.64 Å². The maximum Gasteiger partial charge on any atom is 0.258 e. The number of carbonyl (C=O) groups excluding carboxylic acids is 1. The quantitative estimate of drug-likeness (QED) is 0.927.